The molecular formula is C15H13NOS. The first-order valence-corrected chi connectivity index (χ1v) is 6.85. The Morgan fingerprint density at radius 2 is 2.00 bits per heavy atom. The molecule has 18 heavy (non-hydrogen) atoms. The predicted octanol–water partition coefficient (Wildman–Crippen LogP) is 3.75. The molecule has 2 aromatic heterocycles. The van der Waals surface area contributed by atoms with Crippen LogP contribution in [0.2, 0.25) is 0 Å². The van der Waals surface area contributed by atoms with Crippen LogP contribution in [0, 0.1) is 0 Å². The number of hydrogen-bond acceptors (Lipinski definition) is 2. The number of aryl methyl sites for hydroxylation is 1. The van der Waals surface area contributed by atoms with Crippen LogP contribution < -0.4 is 5.43 Å². The van der Waals surface area contributed by atoms with E-state index in [9.17, 15) is 4.79 Å². The van der Waals surface area contributed by atoms with E-state index in [0.29, 0.717) is 0 Å². The number of para-hydroxylation sites is 1. The Labute approximate surface area is 109 Å². The highest BCUT2D eigenvalue weighted by Crippen LogP contribution is 2.26. The molecule has 0 radical (unpaired) electrons. The molecule has 90 valence electrons. The fourth-order valence-corrected chi connectivity index (χ4v) is 3.05. The Hall–Kier alpha value is -1.87. The maximum atomic E-state index is 12.2. The molecule has 0 aliphatic carbocycles. The van der Waals surface area contributed by atoms with Gasteiger partial charge in [0, 0.05) is 18.0 Å². The Balaban J connectivity index is 2.43. The molecule has 0 spiro atoms. The van der Waals surface area contributed by atoms with E-state index < -0.39 is 0 Å². The van der Waals surface area contributed by atoms with Crippen LogP contribution in [0.15, 0.2) is 52.6 Å². The maximum Gasteiger partial charge on any atom is 0.190 e. The summed E-state index contributed by atoms with van der Waals surface area (Å²) in [6.45, 7) is 2.96. The summed E-state index contributed by atoms with van der Waals surface area (Å²) in [5, 5.41) is 2.83. The second-order valence-corrected chi connectivity index (χ2v) is 5.08. The van der Waals surface area contributed by atoms with Crippen LogP contribution in [0.1, 0.15) is 6.92 Å². The van der Waals surface area contributed by atoms with Gasteiger partial charge < -0.3 is 4.57 Å². The molecule has 2 nitrogen and oxygen atoms in total. The first kappa shape index (κ1) is 11.2. The molecule has 0 atom stereocenters. The summed E-state index contributed by atoms with van der Waals surface area (Å²) in [5.41, 5.74) is 2.12. The average Bonchev–Trinajstić information content (AvgIpc) is 2.92. The van der Waals surface area contributed by atoms with Crippen molar-refractivity contribution < 1.29 is 0 Å². The Bertz CT molecular complexity index is 741. The van der Waals surface area contributed by atoms with E-state index in [2.05, 4.69) is 17.6 Å². The lowest BCUT2D eigenvalue weighted by molar-refractivity contribution is 0.797. The highest BCUT2D eigenvalue weighted by atomic mass is 32.1. The molecular weight excluding hydrogens is 242 g/mol. The normalized spacial score (nSPS) is 10.9. The minimum Gasteiger partial charge on any atom is -0.340 e. The van der Waals surface area contributed by atoms with Crippen molar-refractivity contribution in [2.45, 2.75) is 13.5 Å². The average molecular weight is 255 g/mol. The SMILES string of the molecule is CCn1c(-c2cccs2)cc(=O)c2ccccc21. The zero-order chi connectivity index (χ0) is 12.5. The first-order valence-electron chi connectivity index (χ1n) is 5.97. The van der Waals surface area contributed by atoms with Gasteiger partial charge in [0.2, 0.25) is 0 Å². The molecule has 3 rings (SSSR count). The second kappa shape index (κ2) is 4.42. The summed E-state index contributed by atoms with van der Waals surface area (Å²) in [6.07, 6.45) is 0. The molecule has 3 heteroatoms. The van der Waals surface area contributed by atoms with Gasteiger partial charge >= 0.3 is 0 Å². The first-order chi connectivity index (χ1) is 8.81. The molecule has 0 amide bonds. The van der Waals surface area contributed by atoms with E-state index in [4.69, 9.17) is 0 Å². The molecule has 0 bridgehead atoms. The van der Waals surface area contributed by atoms with Crippen molar-refractivity contribution in [3.63, 3.8) is 0 Å². The largest absolute Gasteiger partial charge is 0.340 e. The molecule has 1 aromatic carbocycles. The van der Waals surface area contributed by atoms with E-state index in [1.165, 1.54) is 0 Å². The van der Waals surface area contributed by atoms with E-state index in [1.807, 2.05) is 35.7 Å². The number of aromatic nitrogens is 1. The molecule has 0 aliphatic heterocycles. The number of pyridine rings is 1. The van der Waals surface area contributed by atoms with Crippen LogP contribution in [0.5, 0.6) is 0 Å². The van der Waals surface area contributed by atoms with Gasteiger partial charge in [-0.3, -0.25) is 4.79 Å². The van der Waals surface area contributed by atoms with Gasteiger partial charge in [0.15, 0.2) is 5.43 Å². The molecule has 0 saturated heterocycles. The number of fused-ring (bicyclic) bond motifs is 1. The zero-order valence-corrected chi connectivity index (χ0v) is 10.9. The molecule has 0 fully saturated rings. The minimum absolute atomic E-state index is 0.0960. The highest BCUT2D eigenvalue weighted by molar-refractivity contribution is 7.13. The highest BCUT2D eigenvalue weighted by Gasteiger charge is 2.09. The van der Waals surface area contributed by atoms with Gasteiger partial charge in [0.05, 0.1) is 16.1 Å². The Morgan fingerprint density at radius 3 is 2.72 bits per heavy atom. The lowest BCUT2D eigenvalue weighted by Crippen LogP contribution is -2.10. The van der Waals surface area contributed by atoms with E-state index in [-0.39, 0.29) is 5.43 Å². The van der Waals surface area contributed by atoms with Crippen molar-refractivity contribution in [1.82, 2.24) is 4.57 Å². The topological polar surface area (TPSA) is 22.0 Å². The summed E-state index contributed by atoms with van der Waals surface area (Å²) in [7, 11) is 0. The van der Waals surface area contributed by atoms with E-state index in [0.717, 1.165) is 28.0 Å². The van der Waals surface area contributed by atoms with Crippen LogP contribution in [-0.2, 0) is 6.54 Å². The third-order valence-corrected chi connectivity index (χ3v) is 4.00. The third kappa shape index (κ3) is 1.68. The van der Waals surface area contributed by atoms with Gasteiger partial charge in [-0.25, -0.2) is 0 Å². The van der Waals surface area contributed by atoms with Crippen molar-refractivity contribution in [3.8, 4) is 10.6 Å². The summed E-state index contributed by atoms with van der Waals surface area (Å²) in [5.74, 6) is 0. The van der Waals surface area contributed by atoms with Crippen LogP contribution in [0.3, 0.4) is 0 Å². The fourth-order valence-electron chi connectivity index (χ4n) is 2.30. The Kier molecular flexibility index (Phi) is 2.76. The summed E-state index contributed by atoms with van der Waals surface area (Å²) >= 11 is 1.66. The van der Waals surface area contributed by atoms with Crippen molar-refractivity contribution in [2.75, 3.05) is 0 Å². The second-order valence-electron chi connectivity index (χ2n) is 4.13. The number of thiophene rings is 1. The van der Waals surface area contributed by atoms with Gasteiger partial charge in [-0.1, -0.05) is 18.2 Å². The van der Waals surface area contributed by atoms with Crippen LogP contribution >= 0.6 is 11.3 Å². The predicted molar refractivity (Wildman–Crippen MR) is 77.2 cm³/mol. The smallest absolute Gasteiger partial charge is 0.190 e. The van der Waals surface area contributed by atoms with Gasteiger partial charge in [0.1, 0.15) is 0 Å². The zero-order valence-electron chi connectivity index (χ0n) is 10.1. The third-order valence-electron chi connectivity index (χ3n) is 3.11. The van der Waals surface area contributed by atoms with E-state index in [1.54, 1.807) is 17.4 Å². The van der Waals surface area contributed by atoms with E-state index >= 15 is 0 Å². The Morgan fingerprint density at radius 1 is 1.17 bits per heavy atom. The summed E-state index contributed by atoms with van der Waals surface area (Å²) < 4.78 is 2.20. The van der Waals surface area contributed by atoms with Gasteiger partial charge in [-0.2, -0.15) is 0 Å². The molecule has 0 N–H and O–H groups in total. The van der Waals surface area contributed by atoms with Crippen molar-refractivity contribution in [1.29, 1.82) is 0 Å². The van der Waals surface area contributed by atoms with Crippen LogP contribution in [-0.4, -0.2) is 4.57 Å². The van der Waals surface area contributed by atoms with Crippen LogP contribution in [0.4, 0.5) is 0 Å². The van der Waals surface area contributed by atoms with Gasteiger partial charge in [-0.15, -0.1) is 11.3 Å². The number of hydrogen-bond donors (Lipinski definition) is 0. The monoisotopic (exact) mass is 255 g/mol. The number of nitrogens with zero attached hydrogens (tertiary/aromatic N) is 1. The van der Waals surface area contributed by atoms with Crippen molar-refractivity contribution in [2.24, 2.45) is 0 Å². The standard InChI is InChI=1S/C15H13NOS/c1-2-16-12-7-4-3-6-11(12)14(17)10-13(16)15-8-5-9-18-15/h3-10H,2H2,1H3. The van der Waals surface area contributed by atoms with Gasteiger partial charge in [-0.05, 0) is 30.5 Å². The number of rotatable bonds is 2. The molecule has 0 unspecified atom stereocenters. The number of benzene rings is 1. The lowest BCUT2D eigenvalue weighted by Gasteiger charge is -2.13. The fraction of sp³-hybridized carbons (Fsp3) is 0.133. The molecule has 2 heterocycles. The summed E-state index contributed by atoms with van der Waals surface area (Å²) in [4.78, 5) is 13.3. The molecule has 0 aliphatic rings. The maximum absolute atomic E-state index is 12.2. The minimum atomic E-state index is 0.0960. The molecule has 0 saturated carbocycles. The lowest BCUT2D eigenvalue weighted by atomic mass is 10.1. The molecule has 3 aromatic rings. The summed E-state index contributed by atoms with van der Waals surface area (Å²) in [6, 6.07) is 13.6. The van der Waals surface area contributed by atoms with Crippen molar-refractivity contribution in [3.05, 3.63) is 58.1 Å². The van der Waals surface area contributed by atoms with Gasteiger partial charge in [0.25, 0.3) is 0 Å². The quantitative estimate of drug-likeness (QED) is 0.683. The van der Waals surface area contributed by atoms with Crippen molar-refractivity contribution >= 4 is 22.2 Å². The van der Waals surface area contributed by atoms with Crippen LogP contribution in [0.25, 0.3) is 21.5 Å².